The van der Waals surface area contributed by atoms with Crippen LogP contribution in [0, 0.1) is 0 Å². The van der Waals surface area contributed by atoms with Gasteiger partial charge in [0.2, 0.25) is 0 Å². The number of hydrogen-bond acceptors (Lipinski definition) is 3. The van der Waals surface area contributed by atoms with Gasteiger partial charge in [0, 0.05) is 21.1 Å². The summed E-state index contributed by atoms with van der Waals surface area (Å²) < 4.78 is 5.59. The molecule has 3 nitrogen and oxygen atoms in total. The van der Waals surface area contributed by atoms with Gasteiger partial charge in [-0.1, -0.05) is 0 Å². The van der Waals surface area contributed by atoms with Crippen LogP contribution in [0.3, 0.4) is 0 Å². The van der Waals surface area contributed by atoms with Gasteiger partial charge in [-0.3, -0.25) is 4.79 Å². The maximum atomic E-state index is 9.08. The molecule has 1 N–H and O–H groups in total. The molecule has 2 atom stereocenters. The number of rotatable bonds is 3. The summed E-state index contributed by atoms with van der Waals surface area (Å²) in [6.07, 6.45) is -0.376. The van der Waals surface area contributed by atoms with Crippen molar-refractivity contribution in [3.63, 3.8) is 0 Å². The minimum atomic E-state index is -1.44. The van der Waals surface area contributed by atoms with Crippen LogP contribution in [0.15, 0.2) is 0 Å². The van der Waals surface area contributed by atoms with E-state index in [1.807, 2.05) is 6.92 Å². The summed E-state index contributed by atoms with van der Waals surface area (Å²) >= 11 is 0. The van der Waals surface area contributed by atoms with Crippen LogP contribution < -0.4 is 0 Å². The van der Waals surface area contributed by atoms with Crippen LogP contribution in [0.4, 0.5) is 0 Å². The van der Waals surface area contributed by atoms with Gasteiger partial charge in [0.25, 0.3) is 6.79 Å². The van der Waals surface area contributed by atoms with Gasteiger partial charge in [-0.2, -0.15) is 0 Å². The van der Waals surface area contributed by atoms with Crippen LogP contribution in [-0.2, 0) is 30.3 Å². The van der Waals surface area contributed by atoms with Crippen LogP contribution in [0.5, 0.6) is 0 Å². The summed E-state index contributed by atoms with van der Waals surface area (Å²) in [7, 11) is -1.44. The number of aliphatic hydroxyl groups excluding tert-OH is 1. The molecular weight excluding hydrogens is 268 g/mol. The Morgan fingerprint density at radius 3 is 1.62 bits per heavy atom. The van der Waals surface area contributed by atoms with E-state index >= 15 is 0 Å². The second-order valence-corrected chi connectivity index (χ2v) is 8.14. The number of aliphatic hydroxyl groups is 1. The van der Waals surface area contributed by atoms with E-state index in [1.165, 1.54) is 0 Å². The second-order valence-electron chi connectivity index (χ2n) is 3.68. The molecule has 0 amide bonds. The Bertz CT molecular complexity index is 114. The van der Waals surface area contributed by atoms with Crippen molar-refractivity contribution in [3.8, 4) is 0 Å². The fourth-order valence-electron chi connectivity index (χ4n) is 0.656. The van der Waals surface area contributed by atoms with E-state index in [0.717, 1.165) is 0 Å². The molecule has 0 aromatic rings. The number of hydrogen-bond donors (Lipinski definition) is 1. The molecule has 0 spiro atoms. The second kappa shape index (κ2) is 9.07. The molecule has 0 fully saturated rings. The molecule has 0 saturated carbocycles. The van der Waals surface area contributed by atoms with E-state index in [2.05, 4.69) is 26.4 Å². The fraction of sp³-hybridized carbons (Fsp3) is 0.875. The summed E-state index contributed by atoms with van der Waals surface area (Å²) in [5.41, 5.74) is 0. The zero-order chi connectivity index (χ0) is 10.4. The van der Waals surface area contributed by atoms with Gasteiger partial charge in [0.15, 0.2) is 8.32 Å². The van der Waals surface area contributed by atoms with Gasteiger partial charge < -0.3 is 9.53 Å². The Morgan fingerprint density at radius 1 is 1.23 bits per heavy atom. The molecule has 2 unspecified atom stereocenters. The molecule has 0 aliphatic carbocycles. The number of carbonyl (C=O) groups excluding carboxylic acids is 1. The van der Waals surface area contributed by atoms with Gasteiger partial charge in [0.05, 0.1) is 12.2 Å². The molecule has 78 valence electrons. The first-order valence-corrected chi connectivity index (χ1v) is 7.30. The SMILES string of the molecule is CC(O)C(C)O[Si](C)(C)C.[C]=O.[Mo]. The summed E-state index contributed by atoms with van der Waals surface area (Å²) in [5.74, 6) is 0. The molecule has 5 heteroatoms. The van der Waals surface area contributed by atoms with Gasteiger partial charge in [-0.15, -0.1) is 0 Å². The summed E-state index contributed by atoms with van der Waals surface area (Å²) in [6, 6.07) is 0. The zero-order valence-electron chi connectivity index (χ0n) is 8.83. The largest absolute Gasteiger partial charge is 0.412 e. The third-order valence-corrected chi connectivity index (χ3v) is 2.30. The van der Waals surface area contributed by atoms with Crippen molar-refractivity contribution in [1.29, 1.82) is 0 Å². The summed E-state index contributed by atoms with van der Waals surface area (Å²) in [5, 5.41) is 9.08. The summed E-state index contributed by atoms with van der Waals surface area (Å²) in [6.45, 7) is 14.5. The van der Waals surface area contributed by atoms with Gasteiger partial charge in [-0.05, 0) is 33.5 Å². The fourth-order valence-corrected chi connectivity index (χ4v) is 1.97. The third-order valence-electron chi connectivity index (χ3n) is 1.22. The first-order valence-electron chi connectivity index (χ1n) is 3.89. The van der Waals surface area contributed by atoms with E-state index in [0.29, 0.717) is 0 Å². The van der Waals surface area contributed by atoms with E-state index in [4.69, 9.17) is 14.3 Å². The van der Waals surface area contributed by atoms with Crippen LogP contribution in [0.25, 0.3) is 0 Å². The third kappa shape index (κ3) is 15.3. The molecule has 0 aromatic heterocycles. The van der Waals surface area contributed by atoms with Crippen molar-refractivity contribution < 1.29 is 35.4 Å². The predicted molar refractivity (Wildman–Crippen MR) is 51.3 cm³/mol. The maximum absolute atomic E-state index is 9.08. The normalized spacial score (nSPS) is 14.6. The van der Waals surface area contributed by atoms with Crippen molar-refractivity contribution in [2.45, 2.75) is 45.7 Å². The minimum absolute atomic E-state index is 0. The first-order chi connectivity index (χ1) is 5.33. The molecule has 0 rings (SSSR count). The standard InChI is InChI=1S/C7H18O2Si.CO.Mo/c1-6(8)7(2)9-10(3,4)5;1-2;/h6-8H,1-5H3;;. The minimum Gasteiger partial charge on any atom is -0.412 e. The van der Waals surface area contributed by atoms with Gasteiger partial charge in [-0.25, -0.2) is 0 Å². The molecule has 2 radical (unpaired) electrons. The molecule has 13 heavy (non-hydrogen) atoms. The Balaban J connectivity index is -0.000000309. The van der Waals surface area contributed by atoms with Crippen LogP contribution in [0.1, 0.15) is 13.8 Å². The quantitative estimate of drug-likeness (QED) is 0.793. The first kappa shape index (κ1) is 19.1. The van der Waals surface area contributed by atoms with Crippen molar-refractivity contribution >= 4 is 15.1 Å². The van der Waals surface area contributed by atoms with E-state index in [9.17, 15) is 0 Å². The molecule has 0 bridgehead atoms. The Labute approximate surface area is 96.3 Å². The van der Waals surface area contributed by atoms with Crippen LogP contribution in [-0.4, -0.2) is 32.4 Å². The van der Waals surface area contributed by atoms with Gasteiger partial charge in [0.1, 0.15) is 0 Å². The zero-order valence-corrected chi connectivity index (χ0v) is 11.8. The topological polar surface area (TPSA) is 46.5 Å². The Hall–Kier alpha value is 0.495. The van der Waals surface area contributed by atoms with Crippen LogP contribution in [0.2, 0.25) is 19.6 Å². The maximum Gasteiger partial charge on any atom is 0.281 e. The molecule has 0 heterocycles. The van der Waals surface area contributed by atoms with E-state index in [1.54, 1.807) is 6.92 Å². The van der Waals surface area contributed by atoms with Crippen molar-refractivity contribution in [3.05, 3.63) is 0 Å². The van der Waals surface area contributed by atoms with Crippen molar-refractivity contribution in [1.82, 2.24) is 0 Å². The molecule has 0 aliphatic rings. The molecule has 0 saturated heterocycles. The molecule has 0 aliphatic heterocycles. The predicted octanol–water partition coefficient (Wildman–Crippen LogP) is 1.21. The molecular formula is C8H18MoO3Si. The monoisotopic (exact) mass is 288 g/mol. The van der Waals surface area contributed by atoms with Crippen molar-refractivity contribution in [2.75, 3.05) is 0 Å². The average Bonchev–Trinajstić information content (AvgIpc) is 1.88. The van der Waals surface area contributed by atoms with E-state index in [-0.39, 0.29) is 33.3 Å². The van der Waals surface area contributed by atoms with Crippen molar-refractivity contribution in [2.24, 2.45) is 0 Å². The summed E-state index contributed by atoms with van der Waals surface area (Å²) in [4.78, 5) is 7.50. The van der Waals surface area contributed by atoms with Crippen LogP contribution >= 0.6 is 0 Å². The smallest absolute Gasteiger partial charge is 0.281 e. The van der Waals surface area contributed by atoms with Gasteiger partial charge >= 0.3 is 0 Å². The Morgan fingerprint density at radius 2 is 1.54 bits per heavy atom. The molecule has 0 aromatic carbocycles. The van der Waals surface area contributed by atoms with E-state index < -0.39 is 8.32 Å². The average molecular weight is 286 g/mol. The Kier molecular flexibility index (Phi) is 13.3.